The number of anilines is 1. The molecular formula is C24H26N4O5. The summed E-state index contributed by atoms with van der Waals surface area (Å²) in [6.07, 6.45) is -0.370. The summed E-state index contributed by atoms with van der Waals surface area (Å²) in [7, 11) is 0. The highest BCUT2D eigenvalue weighted by molar-refractivity contribution is 5.84. The maximum atomic E-state index is 12.4. The van der Waals surface area contributed by atoms with Crippen LogP contribution >= 0.6 is 0 Å². The van der Waals surface area contributed by atoms with E-state index in [4.69, 9.17) is 9.84 Å². The van der Waals surface area contributed by atoms with E-state index in [2.05, 4.69) is 15.7 Å². The van der Waals surface area contributed by atoms with E-state index in [1.54, 1.807) is 31.2 Å². The van der Waals surface area contributed by atoms with Crippen LogP contribution in [0.15, 0.2) is 65.5 Å². The van der Waals surface area contributed by atoms with Gasteiger partial charge >= 0.3 is 6.09 Å². The predicted molar refractivity (Wildman–Crippen MR) is 124 cm³/mol. The van der Waals surface area contributed by atoms with Gasteiger partial charge in [-0.25, -0.2) is 9.48 Å². The lowest BCUT2D eigenvalue weighted by Crippen LogP contribution is -2.27. The molecule has 2 aromatic carbocycles. The summed E-state index contributed by atoms with van der Waals surface area (Å²) in [5, 5.41) is 18.6. The van der Waals surface area contributed by atoms with Crippen LogP contribution in [0, 0.1) is 0 Å². The lowest BCUT2D eigenvalue weighted by molar-refractivity contribution is -0.120. The molecule has 172 valence electrons. The van der Waals surface area contributed by atoms with Crippen molar-refractivity contribution < 1.29 is 19.4 Å². The number of carbonyl (C=O) groups excluding carboxylic acids is 2. The lowest BCUT2D eigenvalue weighted by Gasteiger charge is -2.10. The lowest BCUT2D eigenvalue weighted by atomic mass is 10.1. The molecule has 0 spiro atoms. The zero-order valence-corrected chi connectivity index (χ0v) is 18.3. The number of carbonyl (C=O) groups is 2. The van der Waals surface area contributed by atoms with Gasteiger partial charge < -0.3 is 15.2 Å². The normalized spacial score (nSPS) is 10.5. The first-order chi connectivity index (χ1) is 16.0. The highest BCUT2D eigenvalue weighted by Gasteiger charge is 2.09. The average Bonchev–Trinajstić information content (AvgIpc) is 2.80. The van der Waals surface area contributed by atoms with Gasteiger partial charge in [-0.2, -0.15) is 5.10 Å². The molecule has 0 aliphatic rings. The number of hydrogen-bond acceptors (Lipinski definition) is 6. The Labute approximate surface area is 191 Å². The van der Waals surface area contributed by atoms with Crippen molar-refractivity contribution in [1.29, 1.82) is 0 Å². The Hall–Kier alpha value is -3.98. The third kappa shape index (κ3) is 7.01. The fourth-order valence-corrected chi connectivity index (χ4v) is 3.21. The van der Waals surface area contributed by atoms with E-state index in [1.807, 2.05) is 30.3 Å². The van der Waals surface area contributed by atoms with Crippen LogP contribution < -0.4 is 16.2 Å². The number of aromatic nitrogens is 2. The summed E-state index contributed by atoms with van der Waals surface area (Å²) < 4.78 is 6.23. The van der Waals surface area contributed by atoms with Crippen LogP contribution in [-0.4, -0.2) is 46.6 Å². The molecule has 0 atom stereocenters. The average molecular weight is 450 g/mol. The monoisotopic (exact) mass is 450 g/mol. The van der Waals surface area contributed by atoms with Gasteiger partial charge in [0.2, 0.25) is 5.91 Å². The molecule has 3 N–H and O–H groups in total. The molecule has 0 bridgehead atoms. The summed E-state index contributed by atoms with van der Waals surface area (Å²) >= 11 is 0. The number of aliphatic hydroxyl groups excluding tert-OH is 1. The first-order valence-corrected chi connectivity index (χ1v) is 10.6. The van der Waals surface area contributed by atoms with Gasteiger partial charge in [-0.15, -0.1) is 0 Å². The van der Waals surface area contributed by atoms with Crippen LogP contribution in [0.1, 0.15) is 18.1 Å². The van der Waals surface area contributed by atoms with Crippen LogP contribution in [0.4, 0.5) is 10.5 Å². The summed E-state index contributed by atoms with van der Waals surface area (Å²) in [6.45, 7) is 2.31. The number of rotatable bonds is 9. The van der Waals surface area contributed by atoms with E-state index in [1.165, 1.54) is 10.7 Å². The van der Waals surface area contributed by atoms with Crippen LogP contribution in [0.2, 0.25) is 0 Å². The minimum absolute atomic E-state index is 0.112. The van der Waals surface area contributed by atoms with Gasteiger partial charge in [0, 0.05) is 23.9 Å². The first kappa shape index (κ1) is 23.7. The van der Waals surface area contributed by atoms with Crippen molar-refractivity contribution in [2.75, 3.05) is 25.1 Å². The number of hydrogen-bond donors (Lipinski definition) is 3. The molecule has 0 radical (unpaired) electrons. The van der Waals surface area contributed by atoms with Gasteiger partial charge in [0.05, 0.1) is 31.9 Å². The maximum Gasteiger partial charge on any atom is 0.411 e. The van der Waals surface area contributed by atoms with E-state index >= 15 is 0 Å². The summed E-state index contributed by atoms with van der Waals surface area (Å²) in [6, 6.07) is 17.5. The van der Waals surface area contributed by atoms with Crippen molar-refractivity contribution in [3.8, 4) is 11.3 Å². The Balaban J connectivity index is 1.78. The molecule has 9 nitrogen and oxygen atoms in total. The summed E-state index contributed by atoms with van der Waals surface area (Å²) in [4.78, 5) is 36.0. The minimum Gasteiger partial charge on any atom is -0.450 e. The molecular weight excluding hydrogens is 424 g/mol. The summed E-state index contributed by atoms with van der Waals surface area (Å²) in [5.74, 6) is -0.185. The second kappa shape index (κ2) is 11.6. The molecule has 33 heavy (non-hydrogen) atoms. The Morgan fingerprint density at radius 2 is 1.85 bits per heavy atom. The van der Waals surface area contributed by atoms with Crippen LogP contribution in [0.25, 0.3) is 11.3 Å². The maximum absolute atomic E-state index is 12.4. The zero-order chi connectivity index (χ0) is 23.6. The van der Waals surface area contributed by atoms with Crippen molar-refractivity contribution in [3.05, 3.63) is 82.1 Å². The van der Waals surface area contributed by atoms with E-state index in [9.17, 15) is 14.4 Å². The topological polar surface area (TPSA) is 123 Å². The van der Waals surface area contributed by atoms with Gasteiger partial charge in [-0.1, -0.05) is 30.3 Å². The molecule has 0 aliphatic heterocycles. The third-order valence-electron chi connectivity index (χ3n) is 4.67. The fraction of sp³-hybridized carbons (Fsp3) is 0.250. The standard InChI is InChI=1S/C24H26N4O5/c1-2-33-24(32)26-20-8-4-6-18(14-20)16-28-23(31)10-9-21(27-28)19-7-3-5-17(13-19)15-22(30)25-11-12-29/h3-10,13-14,29H,2,11-12,15-16H2,1H3,(H,25,30)(H,26,32). The van der Waals surface area contributed by atoms with Crippen molar-refractivity contribution in [2.45, 2.75) is 19.9 Å². The smallest absolute Gasteiger partial charge is 0.411 e. The highest BCUT2D eigenvalue weighted by atomic mass is 16.5. The van der Waals surface area contributed by atoms with Crippen molar-refractivity contribution in [2.24, 2.45) is 0 Å². The van der Waals surface area contributed by atoms with Crippen LogP contribution in [-0.2, 0) is 22.5 Å². The van der Waals surface area contributed by atoms with E-state index in [-0.39, 0.29) is 44.2 Å². The third-order valence-corrected chi connectivity index (χ3v) is 4.67. The van der Waals surface area contributed by atoms with E-state index in [0.717, 1.165) is 16.7 Å². The molecule has 0 fully saturated rings. The number of nitrogens with zero attached hydrogens (tertiary/aromatic N) is 2. The molecule has 0 unspecified atom stereocenters. The molecule has 2 amide bonds. The van der Waals surface area contributed by atoms with E-state index in [0.29, 0.717) is 11.4 Å². The second-order valence-corrected chi connectivity index (χ2v) is 7.21. The molecule has 9 heteroatoms. The molecule has 3 rings (SSSR count). The number of aliphatic hydroxyl groups is 1. The van der Waals surface area contributed by atoms with Crippen molar-refractivity contribution in [3.63, 3.8) is 0 Å². The molecule has 0 saturated carbocycles. The Morgan fingerprint density at radius 1 is 1.06 bits per heavy atom. The first-order valence-electron chi connectivity index (χ1n) is 10.6. The van der Waals surface area contributed by atoms with Crippen LogP contribution in [0.5, 0.6) is 0 Å². The number of benzene rings is 2. The molecule has 3 aromatic rings. The largest absolute Gasteiger partial charge is 0.450 e. The van der Waals surface area contributed by atoms with Crippen LogP contribution in [0.3, 0.4) is 0 Å². The Bertz CT molecular complexity index is 1180. The molecule has 0 aliphatic carbocycles. The Morgan fingerprint density at radius 3 is 2.64 bits per heavy atom. The number of ether oxygens (including phenoxy) is 1. The SMILES string of the molecule is CCOC(=O)Nc1cccc(Cn2nc(-c3cccc(CC(=O)NCCO)c3)ccc2=O)c1. The Kier molecular flexibility index (Phi) is 8.31. The molecule has 1 heterocycles. The number of nitrogens with one attached hydrogen (secondary N) is 2. The highest BCUT2D eigenvalue weighted by Crippen LogP contribution is 2.18. The van der Waals surface area contributed by atoms with Gasteiger partial charge in [0.15, 0.2) is 0 Å². The second-order valence-electron chi connectivity index (χ2n) is 7.21. The quantitative estimate of drug-likeness (QED) is 0.459. The number of amides is 2. The van der Waals surface area contributed by atoms with Gasteiger partial charge in [0.25, 0.3) is 5.56 Å². The molecule has 0 saturated heterocycles. The predicted octanol–water partition coefficient (Wildman–Crippen LogP) is 2.18. The fourth-order valence-electron chi connectivity index (χ4n) is 3.21. The van der Waals surface area contributed by atoms with E-state index < -0.39 is 6.09 Å². The minimum atomic E-state index is -0.545. The van der Waals surface area contributed by atoms with Gasteiger partial charge in [0.1, 0.15) is 0 Å². The van der Waals surface area contributed by atoms with Gasteiger partial charge in [-0.3, -0.25) is 14.9 Å². The van der Waals surface area contributed by atoms with Gasteiger partial charge in [-0.05, 0) is 42.3 Å². The zero-order valence-electron chi connectivity index (χ0n) is 18.3. The van der Waals surface area contributed by atoms with Crippen molar-refractivity contribution >= 4 is 17.7 Å². The molecule has 1 aromatic heterocycles. The van der Waals surface area contributed by atoms with Crippen molar-refractivity contribution in [1.82, 2.24) is 15.1 Å². The summed E-state index contributed by atoms with van der Waals surface area (Å²) in [5.41, 5.74) is 3.23.